The number of halogens is 1. The molecule has 2 N–H and O–H groups in total. The molecule has 1 saturated heterocycles. The van der Waals surface area contributed by atoms with Crippen molar-refractivity contribution in [2.45, 2.75) is 96.3 Å². The molecule has 176 valence electrons. The molecule has 0 aromatic heterocycles. The molecule has 0 bridgehead atoms. The number of hydrogen-bond donors (Lipinski definition) is 2. The second kappa shape index (κ2) is 14.3. The molecule has 1 heterocycles. The Kier molecular flexibility index (Phi) is 13.0. The number of alkyl carbamates (subject to hydrolysis) is 1. The molecule has 2 aliphatic rings. The Morgan fingerprint density at radius 1 is 1.10 bits per heavy atom. The number of aliphatic imine (C=N–C) groups is 1. The van der Waals surface area contributed by atoms with Gasteiger partial charge in [-0.25, -0.2) is 4.79 Å². The van der Waals surface area contributed by atoms with Crippen LogP contribution in [-0.4, -0.2) is 68.0 Å². The van der Waals surface area contributed by atoms with E-state index in [0.29, 0.717) is 6.10 Å². The first kappa shape index (κ1) is 27.3. The SMILES string of the molecule is CN=C(NCCCCCOC1CCCCC1)N1CCC(NC(=O)OC(C)(C)C)C1.I. The van der Waals surface area contributed by atoms with Gasteiger partial charge in [-0.05, 0) is 59.3 Å². The molecule has 8 heteroatoms. The number of unbranched alkanes of at least 4 members (excludes halogenated alkanes) is 2. The molecular weight excluding hydrogens is 495 g/mol. The van der Waals surface area contributed by atoms with Crippen LogP contribution in [0, 0.1) is 0 Å². The summed E-state index contributed by atoms with van der Waals surface area (Å²) in [6.07, 6.45) is 11.0. The number of rotatable bonds is 8. The van der Waals surface area contributed by atoms with E-state index >= 15 is 0 Å². The highest BCUT2D eigenvalue weighted by Crippen LogP contribution is 2.20. The van der Waals surface area contributed by atoms with Gasteiger partial charge >= 0.3 is 6.09 Å². The lowest BCUT2D eigenvalue weighted by molar-refractivity contribution is 0.0263. The van der Waals surface area contributed by atoms with E-state index in [1.807, 2.05) is 27.8 Å². The molecule has 1 unspecified atom stereocenters. The van der Waals surface area contributed by atoms with Crippen molar-refractivity contribution >= 4 is 36.0 Å². The molecule has 1 aliphatic carbocycles. The Morgan fingerprint density at radius 3 is 2.50 bits per heavy atom. The van der Waals surface area contributed by atoms with Crippen LogP contribution >= 0.6 is 24.0 Å². The monoisotopic (exact) mass is 538 g/mol. The van der Waals surface area contributed by atoms with Crippen LogP contribution < -0.4 is 10.6 Å². The Morgan fingerprint density at radius 2 is 1.83 bits per heavy atom. The van der Waals surface area contributed by atoms with E-state index in [9.17, 15) is 4.79 Å². The fraction of sp³-hybridized carbons (Fsp3) is 0.909. The Balaban J connectivity index is 0.00000450. The summed E-state index contributed by atoms with van der Waals surface area (Å²) in [7, 11) is 1.81. The van der Waals surface area contributed by atoms with E-state index < -0.39 is 5.60 Å². The van der Waals surface area contributed by atoms with Gasteiger partial charge in [-0.1, -0.05) is 19.3 Å². The highest BCUT2D eigenvalue weighted by molar-refractivity contribution is 14.0. The number of hydrogen-bond acceptors (Lipinski definition) is 4. The van der Waals surface area contributed by atoms with E-state index in [2.05, 4.69) is 20.5 Å². The second-order valence-corrected chi connectivity index (χ2v) is 9.24. The van der Waals surface area contributed by atoms with Gasteiger partial charge in [0.25, 0.3) is 0 Å². The van der Waals surface area contributed by atoms with Gasteiger partial charge in [0.1, 0.15) is 5.60 Å². The Labute approximate surface area is 200 Å². The zero-order valence-electron chi connectivity index (χ0n) is 19.4. The maximum absolute atomic E-state index is 12.0. The molecule has 2 fully saturated rings. The molecule has 0 radical (unpaired) electrons. The number of amides is 1. The molecule has 30 heavy (non-hydrogen) atoms. The van der Waals surface area contributed by atoms with Crippen LogP contribution in [0.15, 0.2) is 4.99 Å². The van der Waals surface area contributed by atoms with Crippen LogP contribution in [0.25, 0.3) is 0 Å². The van der Waals surface area contributed by atoms with Crippen LogP contribution in [0.2, 0.25) is 0 Å². The van der Waals surface area contributed by atoms with Gasteiger partial charge in [-0.2, -0.15) is 0 Å². The van der Waals surface area contributed by atoms with Gasteiger partial charge in [0.2, 0.25) is 0 Å². The van der Waals surface area contributed by atoms with Crippen molar-refractivity contribution in [3.63, 3.8) is 0 Å². The van der Waals surface area contributed by atoms with Crippen molar-refractivity contribution in [2.75, 3.05) is 33.3 Å². The minimum absolute atomic E-state index is 0. The largest absolute Gasteiger partial charge is 0.444 e. The summed E-state index contributed by atoms with van der Waals surface area (Å²) in [5.74, 6) is 0.914. The van der Waals surface area contributed by atoms with Gasteiger partial charge in [0, 0.05) is 33.3 Å². The van der Waals surface area contributed by atoms with Crippen LogP contribution in [0.1, 0.15) is 78.6 Å². The minimum atomic E-state index is -0.471. The maximum Gasteiger partial charge on any atom is 0.407 e. The van der Waals surface area contributed by atoms with Crippen molar-refractivity contribution in [2.24, 2.45) is 4.99 Å². The highest BCUT2D eigenvalue weighted by atomic mass is 127. The van der Waals surface area contributed by atoms with E-state index in [0.717, 1.165) is 51.5 Å². The van der Waals surface area contributed by atoms with Gasteiger partial charge in [-0.15, -0.1) is 24.0 Å². The van der Waals surface area contributed by atoms with Crippen molar-refractivity contribution < 1.29 is 14.3 Å². The van der Waals surface area contributed by atoms with Crippen LogP contribution in [0.3, 0.4) is 0 Å². The first-order valence-electron chi connectivity index (χ1n) is 11.4. The van der Waals surface area contributed by atoms with Crippen LogP contribution in [0.4, 0.5) is 4.79 Å². The number of likely N-dealkylation sites (tertiary alicyclic amines) is 1. The van der Waals surface area contributed by atoms with Crippen LogP contribution in [0.5, 0.6) is 0 Å². The van der Waals surface area contributed by atoms with Gasteiger partial charge in [0.15, 0.2) is 5.96 Å². The van der Waals surface area contributed by atoms with Crippen molar-refractivity contribution in [1.82, 2.24) is 15.5 Å². The number of carbonyl (C=O) groups excluding carboxylic acids is 1. The zero-order valence-corrected chi connectivity index (χ0v) is 21.7. The zero-order chi connectivity index (χ0) is 21.1. The first-order chi connectivity index (χ1) is 13.9. The highest BCUT2D eigenvalue weighted by Gasteiger charge is 2.27. The smallest absolute Gasteiger partial charge is 0.407 e. The first-order valence-corrected chi connectivity index (χ1v) is 11.4. The Bertz CT molecular complexity index is 519. The predicted octanol–water partition coefficient (Wildman–Crippen LogP) is 4.30. The number of nitrogens with one attached hydrogen (secondary N) is 2. The normalized spacial score (nSPS) is 20.6. The minimum Gasteiger partial charge on any atom is -0.444 e. The van der Waals surface area contributed by atoms with Gasteiger partial charge < -0.3 is 25.0 Å². The lowest BCUT2D eigenvalue weighted by atomic mass is 9.98. The van der Waals surface area contributed by atoms with Crippen LogP contribution in [-0.2, 0) is 9.47 Å². The third-order valence-corrected chi connectivity index (χ3v) is 5.43. The number of nitrogens with zero attached hydrogens (tertiary/aromatic N) is 2. The third-order valence-electron chi connectivity index (χ3n) is 5.43. The quantitative estimate of drug-likeness (QED) is 0.209. The van der Waals surface area contributed by atoms with E-state index in [1.54, 1.807) is 0 Å². The third kappa shape index (κ3) is 11.0. The summed E-state index contributed by atoms with van der Waals surface area (Å²) < 4.78 is 11.3. The molecule has 0 spiro atoms. The van der Waals surface area contributed by atoms with Crippen molar-refractivity contribution in [3.05, 3.63) is 0 Å². The summed E-state index contributed by atoms with van der Waals surface area (Å²) in [6, 6.07) is 0.0975. The molecule has 0 aromatic rings. The summed E-state index contributed by atoms with van der Waals surface area (Å²) in [5, 5.41) is 6.42. The predicted molar refractivity (Wildman–Crippen MR) is 133 cm³/mol. The lowest BCUT2D eigenvalue weighted by Crippen LogP contribution is -2.44. The Hall–Kier alpha value is -0.770. The van der Waals surface area contributed by atoms with Crippen molar-refractivity contribution in [1.29, 1.82) is 0 Å². The number of ether oxygens (including phenoxy) is 2. The lowest BCUT2D eigenvalue weighted by Gasteiger charge is -2.23. The van der Waals surface area contributed by atoms with E-state index in [1.165, 1.54) is 38.5 Å². The molecule has 1 aliphatic heterocycles. The van der Waals surface area contributed by atoms with Crippen molar-refractivity contribution in [3.8, 4) is 0 Å². The molecule has 1 saturated carbocycles. The van der Waals surface area contributed by atoms with Gasteiger partial charge in [0.05, 0.1) is 12.1 Å². The standard InChI is InChI=1S/C22H42N4O3.HI/c1-22(2,3)29-21(27)25-18-13-15-26(17-18)20(23-4)24-14-9-6-10-16-28-19-11-7-5-8-12-19;/h18-19H,5-17H2,1-4H3,(H,23,24)(H,25,27);1H. The maximum atomic E-state index is 12.0. The average molecular weight is 539 g/mol. The molecule has 0 aromatic carbocycles. The molecular formula is C22H43IN4O3. The fourth-order valence-corrected chi connectivity index (χ4v) is 3.96. The molecule has 2 rings (SSSR count). The number of guanidine groups is 1. The van der Waals surface area contributed by atoms with E-state index in [4.69, 9.17) is 9.47 Å². The van der Waals surface area contributed by atoms with E-state index in [-0.39, 0.29) is 36.1 Å². The topological polar surface area (TPSA) is 75.2 Å². The number of carbonyl (C=O) groups is 1. The fourth-order valence-electron chi connectivity index (χ4n) is 3.96. The summed E-state index contributed by atoms with van der Waals surface area (Å²) >= 11 is 0. The average Bonchev–Trinajstić information content (AvgIpc) is 3.11. The summed E-state index contributed by atoms with van der Waals surface area (Å²) in [5.41, 5.74) is -0.471. The summed E-state index contributed by atoms with van der Waals surface area (Å²) in [4.78, 5) is 18.6. The van der Waals surface area contributed by atoms with Gasteiger partial charge in [-0.3, -0.25) is 4.99 Å². The molecule has 1 amide bonds. The molecule has 1 atom stereocenters. The second-order valence-electron chi connectivity index (χ2n) is 9.24. The summed E-state index contributed by atoms with van der Waals surface area (Å²) in [6.45, 7) is 9.08. The molecule has 7 nitrogen and oxygen atoms in total.